The van der Waals surface area contributed by atoms with Crippen LogP contribution in [0.15, 0.2) is 24.3 Å². The van der Waals surface area contributed by atoms with Gasteiger partial charge in [0.1, 0.15) is 5.75 Å². The molecule has 5 nitrogen and oxygen atoms in total. The van der Waals surface area contributed by atoms with E-state index in [1.165, 1.54) is 7.11 Å². The highest BCUT2D eigenvalue weighted by Crippen LogP contribution is 2.15. The van der Waals surface area contributed by atoms with Crippen LogP contribution >= 0.6 is 11.6 Å². The summed E-state index contributed by atoms with van der Waals surface area (Å²) in [5.74, 6) is 0.257. The van der Waals surface area contributed by atoms with E-state index in [0.717, 1.165) is 0 Å². The number of aliphatic hydroxyl groups excluding tert-OH is 1. The van der Waals surface area contributed by atoms with Crippen LogP contribution in [-0.2, 0) is 9.53 Å². The molecule has 0 aromatic heterocycles. The standard InChI is InChI=1S/C12H16ClNO4/c1-17-7-10(15)6-14-12(16)8-18-11-4-2-9(13)3-5-11/h2-5,10,15H,6-8H2,1H3,(H,14,16). The Morgan fingerprint density at radius 2 is 2.11 bits per heavy atom. The Labute approximate surface area is 111 Å². The summed E-state index contributed by atoms with van der Waals surface area (Å²) in [5.41, 5.74) is 0. The zero-order valence-electron chi connectivity index (χ0n) is 10.1. The molecule has 0 fully saturated rings. The van der Waals surface area contributed by atoms with Crippen LogP contribution in [0.25, 0.3) is 0 Å². The van der Waals surface area contributed by atoms with Gasteiger partial charge in [0.25, 0.3) is 5.91 Å². The van der Waals surface area contributed by atoms with Gasteiger partial charge in [-0.3, -0.25) is 4.79 Å². The third-order valence-electron chi connectivity index (χ3n) is 2.08. The van der Waals surface area contributed by atoms with E-state index < -0.39 is 6.10 Å². The van der Waals surface area contributed by atoms with E-state index in [-0.39, 0.29) is 25.7 Å². The molecule has 0 aliphatic heterocycles. The summed E-state index contributed by atoms with van der Waals surface area (Å²) in [4.78, 5) is 11.4. The van der Waals surface area contributed by atoms with E-state index in [9.17, 15) is 9.90 Å². The molecule has 1 atom stereocenters. The van der Waals surface area contributed by atoms with Crippen molar-refractivity contribution in [2.24, 2.45) is 0 Å². The van der Waals surface area contributed by atoms with Crippen LogP contribution in [0.2, 0.25) is 5.02 Å². The summed E-state index contributed by atoms with van der Waals surface area (Å²) in [6.45, 7) is 0.205. The second kappa shape index (κ2) is 7.92. The Morgan fingerprint density at radius 1 is 1.44 bits per heavy atom. The van der Waals surface area contributed by atoms with E-state index in [1.54, 1.807) is 24.3 Å². The van der Waals surface area contributed by atoms with Crippen molar-refractivity contribution in [2.75, 3.05) is 26.9 Å². The number of amides is 1. The molecule has 0 saturated heterocycles. The average Bonchev–Trinajstić information content (AvgIpc) is 2.36. The van der Waals surface area contributed by atoms with Crippen molar-refractivity contribution in [3.05, 3.63) is 29.3 Å². The molecule has 0 spiro atoms. The van der Waals surface area contributed by atoms with Gasteiger partial charge in [-0.2, -0.15) is 0 Å². The normalized spacial score (nSPS) is 11.9. The zero-order chi connectivity index (χ0) is 13.4. The van der Waals surface area contributed by atoms with E-state index in [4.69, 9.17) is 21.1 Å². The van der Waals surface area contributed by atoms with Crippen molar-refractivity contribution in [1.82, 2.24) is 5.32 Å². The Bertz CT molecular complexity index is 369. The van der Waals surface area contributed by atoms with Crippen LogP contribution in [0.3, 0.4) is 0 Å². The maximum absolute atomic E-state index is 11.4. The molecular weight excluding hydrogens is 258 g/mol. The van der Waals surface area contributed by atoms with E-state index in [1.807, 2.05) is 0 Å². The highest BCUT2D eigenvalue weighted by atomic mass is 35.5. The zero-order valence-corrected chi connectivity index (χ0v) is 10.8. The Kier molecular flexibility index (Phi) is 6.49. The lowest BCUT2D eigenvalue weighted by atomic mass is 10.3. The predicted molar refractivity (Wildman–Crippen MR) is 67.8 cm³/mol. The predicted octanol–water partition coefficient (Wildman–Crippen LogP) is 0.842. The maximum atomic E-state index is 11.4. The molecule has 1 unspecified atom stereocenters. The van der Waals surface area contributed by atoms with Crippen molar-refractivity contribution >= 4 is 17.5 Å². The van der Waals surface area contributed by atoms with E-state index >= 15 is 0 Å². The molecule has 0 bridgehead atoms. The fourth-order valence-corrected chi connectivity index (χ4v) is 1.34. The fourth-order valence-electron chi connectivity index (χ4n) is 1.21. The molecule has 100 valence electrons. The van der Waals surface area contributed by atoms with Crippen molar-refractivity contribution in [2.45, 2.75) is 6.10 Å². The monoisotopic (exact) mass is 273 g/mol. The van der Waals surface area contributed by atoms with Gasteiger partial charge < -0.3 is 19.9 Å². The molecule has 0 aliphatic rings. The van der Waals surface area contributed by atoms with Crippen LogP contribution in [0.5, 0.6) is 5.75 Å². The lowest BCUT2D eigenvalue weighted by molar-refractivity contribution is -0.123. The summed E-state index contributed by atoms with van der Waals surface area (Å²) in [6, 6.07) is 6.71. The highest BCUT2D eigenvalue weighted by Gasteiger charge is 2.07. The van der Waals surface area contributed by atoms with Crippen molar-refractivity contribution in [1.29, 1.82) is 0 Å². The Hall–Kier alpha value is -1.30. The molecule has 18 heavy (non-hydrogen) atoms. The quantitative estimate of drug-likeness (QED) is 0.773. The van der Waals surface area contributed by atoms with Crippen LogP contribution in [0.1, 0.15) is 0 Å². The van der Waals surface area contributed by atoms with Crippen LogP contribution < -0.4 is 10.1 Å². The smallest absolute Gasteiger partial charge is 0.258 e. The summed E-state index contributed by atoms with van der Waals surface area (Å²) in [6.07, 6.45) is -0.713. The SMILES string of the molecule is COCC(O)CNC(=O)COc1ccc(Cl)cc1. The minimum atomic E-state index is -0.713. The number of halogens is 1. The number of benzene rings is 1. The van der Waals surface area contributed by atoms with Gasteiger partial charge in [-0.1, -0.05) is 11.6 Å². The highest BCUT2D eigenvalue weighted by molar-refractivity contribution is 6.30. The maximum Gasteiger partial charge on any atom is 0.258 e. The molecule has 1 aromatic carbocycles. The van der Waals surface area contributed by atoms with Gasteiger partial charge in [0, 0.05) is 18.7 Å². The average molecular weight is 274 g/mol. The van der Waals surface area contributed by atoms with Gasteiger partial charge in [0.05, 0.1) is 12.7 Å². The molecule has 2 N–H and O–H groups in total. The number of hydrogen-bond donors (Lipinski definition) is 2. The van der Waals surface area contributed by atoms with Crippen molar-refractivity contribution < 1.29 is 19.4 Å². The Balaban J connectivity index is 2.22. The number of nitrogens with one attached hydrogen (secondary N) is 1. The van der Waals surface area contributed by atoms with Gasteiger partial charge in [-0.05, 0) is 24.3 Å². The third kappa shape index (κ3) is 5.86. The minimum Gasteiger partial charge on any atom is -0.484 e. The first-order valence-corrected chi connectivity index (χ1v) is 5.81. The third-order valence-corrected chi connectivity index (χ3v) is 2.33. The molecule has 0 saturated carbocycles. The first kappa shape index (κ1) is 14.8. The molecule has 1 rings (SSSR count). The molecule has 6 heteroatoms. The number of methoxy groups -OCH3 is 1. The molecule has 1 amide bonds. The van der Waals surface area contributed by atoms with Gasteiger partial charge in [-0.25, -0.2) is 0 Å². The molecule has 1 aromatic rings. The summed E-state index contributed by atoms with van der Waals surface area (Å²) in [5, 5.41) is 12.5. The van der Waals surface area contributed by atoms with Crippen molar-refractivity contribution in [3.8, 4) is 5.75 Å². The number of ether oxygens (including phenoxy) is 2. The minimum absolute atomic E-state index is 0.110. The van der Waals surface area contributed by atoms with Gasteiger partial charge in [0.15, 0.2) is 6.61 Å². The molecular formula is C12H16ClNO4. The van der Waals surface area contributed by atoms with Crippen LogP contribution in [0, 0.1) is 0 Å². The largest absolute Gasteiger partial charge is 0.484 e. The Morgan fingerprint density at radius 3 is 2.72 bits per heavy atom. The van der Waals surface area contributed by atoms with Crippen LogP contribution in [-0.4, -0.2) is 44.0 Å². The summed E-state index contributed by atoms with van der Waals surface area (Å²) < 4.78 is 9.96. The van der Waals surface area contributed by atoms with Gasteiger partial charge >= 0.3 is 0 Å². The molecule has 0 heterocycles. The summed E-state index contributed by atoms with van der Waals surface area (Å²) in [7, 11) is 1.48. The van der Waals surface area contributed by atoms with Gasteiger partial charge in [0.2, 0.25) is 0 Å². The number of carbonyl (C=O) groups excluding carboxylic acids is 1. The van der Waals surface area contributed by atoms with Gasteiger partial charge in [-0.15, -0.1) is 0 Å². The topological polar surface area (TPSA) is 67.8 Å². The lowest BCUT2D eigenvalue weighted by Gasteiger charge is -2.11. The second-order valence-corrected chi connectivity index (χ2v) is 4.09. The molecule has 0 aliphatic carbocycles. The lowest BCUT2D eigenvalue weighted by Crippen LogP contribution is -2.36. The van der Waals surface area contributed by atoms with Crippen molar-refractivity contribution in [3.63, 3.8) is 0 Å². The molecule has 0 radical (unpaired) electrons. The van der Waals surface area contributed by atoms with E-state index in [2.05, 4.69) is 5.32 Å². The fraction of sp³-hybridized carbons (Fsp3) is 0.417. The number of carbonyl (C=O) groups is 1. The summed E-state index contributed by atoms with van der Waals surface area (Å²) >= 11 is 5.71. The number of rotatable bonds is 7. The first-order valence-electron chi connectivity index (χ1n) is 5.44. The second-order valence-electron chi connectivity index (χ2n) is 3.66. The number of aliphatic hydroxyl groups is 1. The number of hydrogen-bond acceptors (Lipinski definition) is 4. The van der Waals surface area contributed by atoms with E-state index in [0.29, 0.717) is 10.8 Å². The first-order chi connectivity index (χ1) is 8.61. The van der Waals surface area contributed by atoms with Crippen LogP contribution in [0.4, 0.5) is 0 Å².